The zero-order valence-corrected chi connectivity index (χ0v) is 22.0. The third-order valence-corrected chi connectivity index (χ3v) is 5.07. The Bertz CT molecular complexity index is 1240. The van der Waals surface area contributed by atoms with E-state index in [1.165, 1.54) is 0 Å². The summed E-state index contributed by atoms with van der Waals surface area (Å²) in [6.45, 7) is 3.46. The number of phosphoric acid groups is 1. The number of imidazole rings is 1. The molecule has 0 fully saturated rings. The van der Waals surface area contributed by atoms with E-state index in [1.54, 1.807) is 30.5 Å². The van der Waals surface area contributed by atoms with Crippen molar-refractivity contribution in [3.05, 3.63) is 66.7 Å². The molecule has 1 atom stereocenters. The van der Waals surface area contributed by atoms with E-state index in [0.29, 0.717) is 31.1 Å². The van der Waals surface area contributed by atoms with Gasteiger partial charge in [0.15, 0.2) is 0 Å². The Balaban J connectivity index is 0.000000877. The highest BCUT2D eigenvalue weighted by molar-refractivity contribution is 7.92. The number of aliphatic hydroxyl groups is 1. The summed E-state index contributed by atoms with van der Waals surface area (Å²) in [5.74, 6) is 2.23. The molecule has 0 saturated heterocycles. The van der Waals surface area contributed by atoms with Crippen molar-refractivity contribution in [2.75, 3.05) is 37.3 Å². The van der Waals surface area contributed by atoms with Gasteiger partial charge in [-0.25, -0.2) is 18.0 Å². The maximum atomic E-state index is 11.2. The van der Waals surface area contributed by atoms with E-state index in [2.05, 4.69) is 15.0 Å². The lowest BCUT2D eigenvalue weighted by atomic mass is 10.3. The van der Waals surface area contributed by atoms with Crippen molar-refractivity contribution >= 4 is 23.5 Å². The van der Waals surface area contributed by atoms with Crippen molar-refractivity contribution < 1.29 is 42.2 Å². The Kier molecular flexibility index (Phi) is 11.5. The van der Waals surface area contributed by atoms with Gasteiger partial charge in [-0.15, -0.1) is 0 Å². The average Bonchev–Trinajstić information content (AvgIpc) is 3.22. The minimum Gasteiger partial charge on any atom is -0.492 e. The van der Waals surface area contributed by atoms with Crippen LogP contribution in [0.15, 0.2) is 60.9 Å². The van der Waals surface area contributed by atoms with Gasteiger partial charge in [-0.3, -0.25) is 4.72 Å². The van der Waals surface area contributed by atoms with Gasteiger partial charge < -0.3 is 39.1 Å². The van der Waals surface area contributed by atoms with Crippen molar-refractivity contribution in [1.82, 2.24) is 14.9 Å². The van der Waals surface area contributed by atoms with Gasteiger partial charge in [-0.1, -0.05) is 0 Å². The monoisotopic (exact) mass is 558 g/mol. The number of aromatic nitrogens is 2. The first-order valence-corrected chi connectivity index (χ1v) is 14.4. The van der Waals surface area contributed by atoms with Crippen molar-refractivity contribution in [3.8, 4) is 17.2 Å². The summed E-state index contributed by atoms with van der Waals surface area (Å²) in [7, 11) is -7.95. The topological polar surface area (TPSA) is 192 Å². The number of anilines is 1. The molecule has 37 heavy (non-hydrogen) atoms. The van der Waals surface area contributed by atoms with Gasteiger partial charge in [0, 0.05) is 36.9 Å². The fourth-order valence-corrected chi connectivity index (χ4v) is 3.51. The maximum absolute atomic E-state index is 11.2. The van der Waals surface area contributed by atoms with Crippen LogP contribution < -0.4 is 19.5 Å². The molecule has 0 bridgehead atoms. The van der Waals surface area contributed by atoms with Crippen LogP contribution >= 0.6 is 7.82 Å². The summed E-state index contributed by atoms with van der Waals surface area (Å²) in [5, 5.41) is 13.2. The molecule has 204 valence electrons. The van der Waals surface area contributed by atoms with Gasteiger partial charge in [0.1, 0.15) is 36.6 Å². The lowest BCUT2D eigenvalue weighted by Gasteiger charge is -2.14. The normalized spacial score (nSPS) is 12.3. The highest BCUT2D eigenvalue weighted by Gasteiger charge is 2.07. The van der Waals surface area contributed by atoms with E-state index in [9.17, 15) is 13.5 Å². The number of benzene rings is 2. The second kappa shape index (κ2) is 14.1. The zero-order valence-electron chi connectivity index (χ0n) is 20.3. The van der Waals surface area contributed by atoms with Gasteiger partial charge in [0.25, 0.3) is 0 Å². The Hall–Kier alpha value is -2.97. The third-order valence-electron chi connectivity index (χ3n) is 4.47. The van der Waals surface area contributed by atoms with E-state index in [0.717, 1.165) is 23.5 Å². The molecule has 15 heteroatoms. The van der Waals surface area contributed by atoms with E-state index in [4.69, 9.17) is 28.7 Å². The number of ether oxygens (including phenoxy) is 2. The van der Waals surface area contributed by atoms with Crippen LogP contribution in [0.3, 0.4) is 0 Å². The number of sulfonamides is 1. The molecule has 0 aliphatic rings. The van der Waals surface area contributed by atoms with Crippen molar-refractivity contribution in [3.63, 3.8) is 0 Å². The minimum absolute atomic E-state index is 0.113. The smallest absolute Gasteiger partial charge is 0.466 e. The van der Waals surface area contributed by atoms with Crippen LogP contribution in [0.2, 0.25) is 0 Å². The molecular weight excluding hydrogens is 527 g/mol. The second-order valence-corrected chi connectivity index (χ2v) is 10.5. The molecule has 6 N–H and O–H groups in total. The van der Waals surface area contributed by atoms with Crippen LogP contribution in [0, 0.1) is 6.92 Å². The number of aliphatic hydroxyl groups excluding tert-OH is 1. The fraction of sp³-hybridized carbons (Fsp3) is 0.318. The van der Waals surface area contributed by atoms with Gasteiger partial charge in [-0.2, -0.15) is 0 Å². The van der Waals surface area contributed by atoms with Crippen LogP contribution in [-0.4, -0.2) is 76.4 Å². The number of hydrogen-bond acceptors (Lipinski definition) is 8. The van der Waals surface area contributed by atoms with Crippen LogP contribution in [0.5, 0.6) is 11.5 Å². The molecule has 3 aromatic rings. The van der Waals surface area contributed by atoms with Gasteiger partial charge >= 0.3 is 7.82 Å². The van der Waals surface area contributed by atoms with Crippen LogP contribution in [0.25, 0.3) is 5.69 Å². The summed E-state index contributed by atoms with van der Waals surface area (Å²) >= 11 is 0. The summed E-state index contributed by atoms with van der Waals surface area (Å²) in [6, 6.07) is 14.2. The molecule has 13 nitrogen and oxygen atoms in total. The largest absolute Gasteiger partial charge is 0.492 e. The van der Waals surface area contributed by atoms with E-state index in [1.807, 2.05) is 42.0 Å². The van der Waals surface area contributed by atoms with Gasteiger partial charge in [0.2, 0.25) is 10.0 Å². The first-order chi connectivity index (χ1) is 17.3. The summed E-state index contributed by atoms with van der Waals surface area (Å²) in [5.41, 5.74) is 1.48. The second-order valence-electron chi connectivity index (χ2n) is 7.77. The summed E-state index contributed by atoms with van der Waals surface area (Å²) in [6.07, 6.45) is 4.07. The quantitative estimate of drug-likeness (QED) is 0.137. The van der Waals surface area contributed by atoms with Gasteiger partial charge in [-0.05, 0) is 55.5 Å². The molecule has 0 radical (unpaired) electrons. The lowest BCUT2D eigenvalue weighted by molar-refractivity contribution is 0.105. The van der Waals surface area contributed by atoms with E-state index >= 15 is 0 Å². The Morgan fingerprint density at radius 1 is 1.03 bits per heavy atom. The molecule has 0 spiro atoms. The SMILES string of the molecule is Cc1nccn1-c1ccc(OCCNCC(O)COc2ccc(NS(C)(=O)=O)cc2)cc1.O=P(O)(O)O. The summed E-state index contributed by atoms with van der Waals surface area (Å²) in [4.78, 5) is 25.8. The highest BCUT2D eigenvalue weighted by atomic mass is 32.2. The first kappa shape index (κ1) is 30.3. The fourth-order valence-electron chi connectivity index (χ4n) is 2.95. The Morgan fingerprint density at radius 3 is 2.14 bits per heavy atom. The molecule has 1 aromatic heterocycles. The van der Waals surface area contributed by atoms with Crippen molar-refractivity contribution in [1.29, 1.82) is 0 Å². The minimum atomic E-state index is -4.64. The zero-order chi connectivity index (χ0) is 27.5. The van der Waals surface area contributed by atoms with E-state index < -0.39 is 23.9 Å². The van der Waals surface area contributed by atoms with E-state index in [-0.39, 0.29) is 6.61 Å². The molecule has 3 rings (SSSR count). The predicted molar refractivity (Wildman–Crippen MR) is 137 cm³/mol. The molecule has 0 saturated carbocycles. The van der Waals surface area contributed by atoms with Crippen molar-refractivity contribution in [2.24, 2.45) is 0 Å². The molecule has 0 amide bonds. The number of aryl methyl sites for hydroxylation is 1. The predicted octanol–water partition coefficient (Wildman–Crippen LogP) is 1.03. The summed E-state index contributed by atoms with van der Waals surface area (Å²) < 4.78 is 46.9. The molecule has 1 heterocycles. The average molecular weight is 559 g/mol. The maximum Gasteiger partial charge on any atom is 0.466 e. The Morgan fingerprint density at radius 2 is 1.59 bits per heavy atom. The standard InChI is InChI=1S/C22H28N4O5S.H3O4P/c1-17-24-11-13-26(17)19-5-9-21(10-6-19)30-14-12-23-15-20(27)16-31-22-7-3-18(4-8-22)25-32(2,28)29;1-5(2,3)4/h3-11,13,20,23,25,27H,12,14-16H2,1-2H3;(H3,1,2,3,4). The number of rotatable bonds is 12. The molecular formula is C22H31N4O9PS. The molecule has 1 unspecified atom stereocenters. The molecule has 2 aromatic carbocycles. The third kappa shape index (κ3) is 13.2. The number of nitrogens with zero attached hydrogens (tertiary/aromatic N) is 2. The van der Waals surface area contributed by atoms with Crippen LogP contribution in [-0.2, 0) is 14.6 Å². The Labute approximate surface area is 215 Å². The molecule has 0 aliphatic carbocycles. The molecule has 0 aliphatic heterocycles. The number of hydrogen-bond donors (Lipinski definition) is 6. The lowest BCUT2D eigenvalue weighted by Crippen LogP contribution is -2.33. The van der Waals surface area contributed by atoms with Crippen LogP contribution in [0.1, 0.15) is 5.82 Å². The number of nitrogens with one attached hydrogen (secondary N) is 2. The van der Waals surface area contributed by atoms with Crippen LogP contribution in [0.4, 0.5) is 5.69 Å². The highest BCUT2D eigenvalue weighted by Crippen LogP contribution is 2.25. The van der Waals surface area contributed by atoms with Gasteiger partial charge in [0.05, 0.1) is 6.26 Å². The first-order valence-electron chi connectivity index (χ1n) is 10.9. The van der Waals surface area contributed by atoms with Crippen molar-refractivity contribution in [2.45, 2.75) is 13.0 Å².